The molecule has 168 valence electrons. The summed E-state index contributed by atoms with van der Waals surface area (Å²) in [5, 5.41) is 2.93. The fourth-order valence-electron chi connectivity index (χ4n) is 3.69. The topological polar surface area (TPSA) is 65.4 Å². The molecule has 4 rings (SSSR count). The Morgan fingerprint density at radius 3 is 2.55 bits per heavy atom. The van der Waals surface area contributed by atoms with Gasteiger partial charge in [-0.2, -0.15) is 0 Å². The van der Waals surface area contributed by atoms with Gasteiger partial charge in [-0.1, -0.05) is 6.07 Å². The van der Waals surface area contributed by atoms with E-state index >= 15 is 0 Å². The van der Waals surface area contributed by atoms with Crippen molar-refractivity contribution in [3.05, 3.63) is 101 Å². The van der Waals surface area contributed by atoms with Crippen LogP contribution in [0.4, 0.5) is 10.1 Å². The lowest BCUT2D eigenvalue weighted by Gasteiger charge is -2.13. The fourth-order valence-corrected chi connectivity index (χ4v) is 3.69. The van der Waals surface area contributed by atoms with E-state index in [-0.39, 0.29) is 11.7 Å². The lowest BCUT2D eigenvalue weighted by molar-refractivity contribution is 0.102. The van der Waals surface area contributed by atoms with Gasteiger partial charge in [0.2, 0.25) is 0 Å². The molecule has 0 spiro atoms. The van der Waals surface area contributed by atoms with Gasteiger partial charge in [0.1, 0.15) is 12.4 Å². The molecule has 0 fully saturated rings. The zero-order valence-electron chi connectivity index (χ0n) is 18.6. The summed E-state index contributed by atoms with van der Waals surface area (Å²) in [6, 6.07) is 17.0. The molecule has 0 atom stereocenters. The Bertz CT molecular complexity index is 1270. The number of benzene rings is 2. The van der Waals surface area contributed by atoms with Gasteiger partial charge in [0.05, 0.1) is 12.7 Å². The van der Waals surface area contributed by atoms with Gasteiger partial charge in [0.15, 0.2) is 11.5 Å². The molecule has 0 radical (unpaired) electrons. The van der Waals surface area contributed by atoms with Crippen molar-refractivity contribution in [2.45, 2.75) is 20.5 Å². The smallest absolute Gasteiger partial charge is 0.257 e. The molecule has 6 nitrogen and oxygen atoms in total. The molecule has 33 heavy (non-hydrogen) atoms. The van der Waals surface area contributed by atoms with Crippen molar-refractivity contribution in [1.29, 1.82) is 0 Å². The molecule has 0 saturated carbocycles. The standard InChI is InChI=1S/C26H24FN3O3/c1-17-13-23(18(2)30(17)22-9-6-20(27)7-10-22)26(31)29-21-8-11-24(32-3)25(14-21)33-16-19-5-4-12-28-15-19/h4-15H,16H2,1-3H3,(H,29,31). The summed E-state index contributed by atoms with van der Waals surface area (Å²) in [7, 11) is 1.56. The van der Waals surface area contributed by atoms with E-state index in [2.05, 4.69) is 10.3 Å². The zero-order valence-corrected chi connectivity index (χ0v) is 18.6. The van der Waals surface area contributed by atoms with E-state index in [1.165, 1.54) is 12.1 Å². The normalized spacial score (nSPS) is 10.7. The van der Waals surface area contributed by atoms with Crippen molar-refractivity contribution < 1.29 is 18.7 Å². The number of aromatic nitrogens is 2. The highest BCUT2D eigenvalue weighted by atomic mass is 19.1. The molecule has 1 N–H and O–H groups in total. The molecule has 2 aromatic carbocycles. The maximum absolute atomic E-state index is 13.3. The second kappa shape index (κ2) is 9.56. The monoisotopic (exact) mass is 445 g/mol. The third kappa shape index (κ3) is 4.87. The summed E-state index contributed by atoms with van der Waals surface area (Å²) in [5.41, 5.74) is 4.46. The van der Waals surface area contributed by atoms with Crippen LogP contribution in [0, 0.1) is 19.7 Å². The molecule has 4 aromatic rings. The predicted octanol–water partition coefficient (Wildman–Crippen LogP) is 5.47. The van der Waals surface area contributed by atoms with E-state index in [0.29, 0.717) is 29.4 Å². The van der Waals surface area contributed by atoms with Gasteiger partial charge >= 0.3 is 0 Å². The number of methoxy groups -OCH3 is 1. The first-order valence-electron chi connectivity index (χ1n) is 10.4. The summed E-state index contributed by atoms with van der Waals surface area (Å²) in [6.07, 6.45) is 3.43. The van der Waals surface area contributed by atoms with Gasteiger partial charge < -0.3 is 19.4 Å². The molecule has 2 heterocycles. The number of pyridine rings is 1. The third-order valence-corrected chi connectivity index (χ3v) is 5.30. The Balaban J connectivity index is 1.55. The van der Waals surface area contributed by atoms with Crippen LogP contribution in [0.1, 0.15) is 27.3 Å². The van der Waals surface area contributed by atoms with E-state index in [0.717, 1.165) is 22.6 Å². The fraction of sp³-hybridized carbons (Fsp3) is 0.154. The lowest BCUT2D eigenvalue weighted by atomic mass is 10.2. The molecule has 0 aliphatic heterocycles. The Morgan fingerprint density at radius 1 is 1.06 bits per heavy atom. The summed E-state index contributed by atoms with van der Waals surface area (Å²) >= 11 is 0. The SMILES string of the molecule is COc1ccc(NC(=O)c2cc(C)n(-c3ccc(F)cc3)c2C)cc1OCc1cccnc1. The molecule has 0 bridgehead atoms. The maximum Gasteiger partial charge on any atom is 0.257 e. The number of rotatable bonds is 7. The number of anilines is 1. The number of hydrogen-bond donors (Lipinski definition) is 1. The van der Waals surface area contributed by atoms with Crippen LogP contribution >= 0.6 is 0 Å². The van der Waals surface area contributed by atoms with E-state index in [1.54, 1.807) is 49.8 Å². The average Bonchev–Trinajstić information content (AvgIpc) is 3.13. The van der Waals surface area contributed by atoms with Crippen molar-refractivity contribution >= 4 is 11.6 Å². The molecule has 0 saturated heterocycles. The Kier molecular flexibility index (Phi) is 6.40. The van der Waals surface area contributed by atoms with Crippen LogP contribution in [-0.2, 0) is 6.61 Å². The second-order valence-electron chi connectivity index (χ2n) is 7.57. The lowest BCUT2D eigenvalue weighted by Crippen LogP contribution is -2.13. The van der Waals surface area contributed by atoms with Gasteiger partial charge in [-0.05, 0) is 62.4 Å². The minimum absolute atomic E-state index is 0.250. The number of nitrogens with zero attached hydrogens (tertiary/aromatic N) is 2. The number of ether oxygens (including phenoxy) is 2. The first-order chi connectivity index (χ1) is 16.0. The molecular formula is C26H24FN3O3. The minimum Gasteiger partial charge on any atom is -0.493 e. The van der Waals surface area contributed by atoms with Crippen molar-refractivity contribution in [3.8, 4) is 17.2 Å². The Labute approximate surface area is 191 Å². The maximum atomic E-state index is 13.3. The van der Waals surface area contributed by atoms with E-state index < -0.39 is 0 Å². The summed E-state index contributed by atoms with van der Waals surface area (Å²) in [5.74, 6) is 0.516. The highest BCUT2D eigenvalue weighted by Crippen LogP contribution is 2.31. The van der Waals surface area contributed by atoms with Gasteiger partial charge in [-0.3, -0.25) is 9.78 Å². The zero-order chi connectivity index (χ0) is 23.4. The number of amides is 1. The number of nitrogens with one attached hydrogen (secondary N) is 1. The number of hydrogen-bond acceptors (Lipinski definition) is 4. The number of carbonyl (C=O) groups is 1. The summed E-state index contributed by atoms with van der Waals surface area (Å²) in [6.45, 7) is 4.09. The van der Waals surface area contributed by atoms with Crippen molar-refractivity contribution in [1.82, 2.24) is 9.55 Å². The highest BCUT2D eigenvalue weighted by molar-refractivity contribution is 6.05. The van der Waals surface area contributed by atoms with E-state index in [4.69, 9.17) is 9.47 Å². The molecule has 0 aliphatic carbocycles. The van der Waals surface area contributed by atoms with Crippen LogP contribution in [-0.4, -0.2) is 22.6 Å². The van der Waals surface area contributed by atoms with Crippen LogP contribution in [0.3, 0.4) is 0 Å². The first kappa shape index (κ1) is 22.1. The number of carbonyl (C=O) groups excluding carboxylic acids is 1. The van der Waals surface area contributed by atoms with Gasteiger partial charge in [-0.25, -0.2) is 4.39 Å². The largest absolute Gasteiger partial charge is 0.493 e. The van der Waals surface area contributed by atoms with Crippen molar-refractivity contribution in [2.24, 2.45) is 0 Å². The number of aryl methyl sites for hydroxylation is 1. The quantitative estimate of drug-likeness (QED) is 0.410. The molecule has 0 aliphatic rings. The molecule has 7 heteroatoms. The average molecular weight is 445 g/mol. The van der Waals surface area contributed by atoms with Crippen LogP contribution in [0.15, 0.2) is 73.1 Å². The van der Waals surface area contributed by atoms with Gasteiger partial charge in [0.25, 0.3) is 5.91 Å². The first-order valence-corrected chi connectivity index (χ1v) is 10.4. The van der Waals surface area contributed by atoms with Gasteiger partial charge in [-0.15, -0.1) is 0 Å². The Hall–Kier alpha value is -4.13. The van der Waals surface area contributed by atoms with Crippen molar-refractivity contribution in [3.63, 3.8) is 0 Å². The van der Waals surface area contributed by atoms with Gasteiger partial charge in [0, 0.05) is 46.8 Å². The predicted molar refractivity (Wildman–Crippen MR) is 125 cm³/mol. The third-order valence-electron chi connectivity index (χ3n) is 5.30. The molecule has 0 unspecified atom stereocenters. The van der Waals surface area contributed by atoms with E-state index in [9.17, 15) is 9.18 Å². The molecule has 1 amide bonds. The highest BCUT2D eigenvalue weighted by Gasteiger charge is 2.18. The number of halogens is 1. The second-order valence-corrected chi connectivity index (χ2v) is 7.57. The van der Waals surface area contributed by atoms with Crippen LogP contribution < -0.4 is 14.8 Å². The van der Waals surface area contributed by atoms with Crippen LogP contribution in [0.5, 0.6) is 11.5 Å². The van der Waals surface area contributed by atoms with Crippen LogP contribution in [0.2, 0.25) is 0 Å². The molecular weight excluding hydrogens is 421 g/mol. The van der Waals surface area contributed by atoms with Crippen molar-refractivity contribution in [2.75, 3.05) is 12.4 Å². The van der Waals surface area contributed by atoms with Crippen LogP contribution in [0.25, 0.3) is 5.69 Å². The van der Waals surface area contributed by atoms with E-state index in [1.807, 2.05) is 36.6 Å². The summed E-state index contributed by atoms with van der Waals surface area (Å²) in [4.78, 5) is 17.2. The Morgan fingerprint density at radius 2 is 1.85 bits per heavy atom. The molecule has 2 aromatic heterocycles. The minimum atomic E-state index is -0.305. The summed E-state index contributed by atoms with van der Waals surface area (Å²) < 4.78 is 26.5.